The lowest BCUT2D eigenvalue weighted by atomic mass is 10.1. The van der Waals surface area contributed by atoms with Crippen molar-refractivity contribution in [1.82, 2.24) is 0 Å². The highest BCUT2D eigenvalue weighted by Gasteiger charge is 2.17. The highest BCUT2D eigenvalue weighted by atomic mass is 19.3. The maximum Gasteiger partial charge on any atom is 0.267 e. The summed E-state index contributed by atoms with van der Waals surface area (Å²) in [5, 5.41) is 0. The molecule has 0 aliphatic heterocycles. The smallest absolute Gasteiger partial charge is 0.267 e. The predicted molar refractivity (Wildman–Crippen MR) is 76.5 cm³/mol. The molecule has 0 atom stereocenters. The summed E-state index contributed by atoms with van der Waals surface area (Å²) in [7, 11) is 0. The van der Waals surface area contributed by atoms with Crippen LogP contribution in [-0.2, 0) is 0 Å². The third-order valence-corrected chi connectivity index (χ3v) is 3.35. The standard InChI is InChI=1S/C16H17F2NO/c1-9-4-5-10(2)15(11(9)3)20-14-7-6-12(19)8-13(14)16(17)18/h4-8,16H,19H2,1-3H3. The van der Waals surface area contributed by atoms with Crippen LogP contribution in [0, 0.1) is 20.8 Å². The van der Waals surface area contributed by atoms with Crippen LogP contribution in [0.5, 0.6) is 11.5 Å². The van der Waals surface area contributed by atoms with E-state index >= 15 is 0 Å². The molecular formula is C16H17F2NO. The van der Waals surface area contributed by atoms with Gasteiger partial charge >= 0.3 is 0 Å². The van der Waals surface area contributed by atoms with Crippen molar-refractivity contribution >= 4 is 5.69 Å². The van der Waals surface area contributed by atoms with Gasteiger partial charge in [0.15, 0.2) is 0 Å². The number of nitrogens with two attached hydrogens (primary N) is 1. The van der Waals surface area contributed by atoms with Gasteiger partial charge in [0.25, 0.3) is 6.43 Å². The van der Waals surface area contributed by atoms with Crippen LogP contribution < -0.4 is 10.5 Å². The number of rotatable bonds is 3. The number of nitrogen functional groups attached to an aromatic ring is 1. The van der Waals surface area contributed by atoms with Gasteiger partial charge in [0, 0.05) is 5.69 Å². The van der Waals surface area contributed by atoms with Crippen LogP contribution >= 0.6 is 0 Å². The van der Waals surface area contributed by atoms with Crippen LogP contribution in [0.4, 0.5) is 14.5 Å². The molecule has 0 bridgehead atoms. The molecule has 2 N–H and O–H groups in total. The summed E-state index contributed by atoms with van der Waals surface area (Å²) in [4.78, 5) is 0. The minimum atomic E-state index is -2.63. The van der Waals surface area contributed by atoms with E-state index < -0.39 is 6.43 Å². The van der Waals surface area contributed by atoms with Crippen LogP contribution in [0.1, 0.15) is 28.7 Å². The molecule has 106 valence electrons. The average molecular weight is 277 g/mol. The Balaban J connectivity index is 2.48. The first-order chi connectivity index (χ1) is 9.40. The molecule has 4 heteroatoms. The predicted octanol–water partition coefficient (Wildman–Crippen LogP) is 4.92. The van der Waals surface area contributed by atoms with Crippen LogP contribution in [0.3, 0.4) is 0 Å². The van der Waals surface area contributed by atoms with E-state index in [0.29, 0.717) is 11.4 Å². The third kappa shape index (κ3) is 2.74. The fraction of sp³-hybridized carbons (Fsp3) is 0.250. The lowest BCUT2D eigenvalue weighted by Crippen LogP contribution is -1.98. The fourth-order valence-corrected chi connectivity index (χ4v) is 2.02. The second-order valence-electron chi connectivity index (χ2n) is 4.85. The summed E-state index contributed by atoms with van der Waals surface area (Å²) in [5.74, 6) is 0.766. The molecule has 0 saturated heterocycles. The van der Waals surface area contributed by atoms with Gasteiger partial charge in [-0.1, -0.05) is 12.1 Å². The monoisotopic (exact) mass is 277 g/mol. The Labute approximate surface area is 117 Å². The largest absolute Gasteiger partial charge is 0.456 e. The first-order valence-corrected chi connectivity index (χ1v) is 6.32. The highest BCUT2D eigenvalue weighted by Crippen LogP contribution is 2.36. The molecule has 0 heterocycles. The quantitative estimate of drug-likeness (QED) is 0.808. The molecular weight excluding hydrogens is 260 g/mol. The van der Waals surface area contributed by atoms with E-state index in [9.17, 15) is 8.78 Å². The van der Waals surface area contributed by atoms with Crippen molar-refractivity contribution < 1.29 is 13.5 Å². The van der Waals surface area contributed by atoms with Crippen LogP contribution in [0.15, 0.2) is 30.3 Å². The molecule has 0 unspecified atom stereocenters. The van der Waals surface area contributed by atoms with Crippen molar-refractivity contribution in [3.63, 3.8) is 0 Å². The third-order valence-electron chi connectivity index (χ3n) is 3.35. The summed E-state index contributed by atoms with van der Waals surface area (Å²) < 4.78 is 31.8. The van der Waals surface area contributed by atoms with E-state index in [1.165, 1.54) is 12.1 Å². The Bertz CT molecular complexity index is 639. The first-order valence-electron chi connectivity index (χ1n) is 6.32. The Hall–Kier alpha value is -2.10. The minimum absolute atomic E-state index is 0.144. The number of benzene rings is 2. The molecule has 2 nitrogen and oxygen atoms in total. The van der Waals surface area contributed by atoms with E-state index in [0.717, 1.165) is 16.7 Å². The van der Waals surface area contributed by atoms with Crippen LogP contribution in [0.2, 0.25) is 0 Å². The Morgan fingerprint density at radius 3 is 2.30 bits per heavy atom. The fourth-order valence-electron chi connectivity index (χ4n) is 2.02. The number of ether oxygens (including phenoxy) is 1. The van der Waals surface area contributed by atoms with Gasteiger partial charge in [-0.25, -0.2) is 8.78 Å². The molecule has 0 aliphatic carbocycles. The molecule has 0 aromatic heterocycles. The molecule has 2 rings (SSSR count). The van der Waals surface area contributed by atoms with E-state index in [2.05, 4.69) is 0 Å². The van der Waals surface area contributed by atoms with E-state index in [1.807, 2.05) is 32.9 Å². The van der Waals surface area contributed by atoms with Crippen molar-refractivity contribution in [3.05, 3.63) is 52.6 Å². The summed E-state index contributed by atoms with van der Waals surface area (Å²) in [6.45, 7) is 5.76. The van der Waals surface area contributed by atoms with Gasteiger partial charge in [-0.05, 0) is 55.7 Å². The Kier molecular flexibility index (Phi) is 3.93. The Morgan fingerprint density at radius 2 is 1.65 bits per heavy atom. The maximum atomic E-state index is 13.1. The van der Waals surface area contributed by atoms with Gasteiger partial charge < -0.3 is 10.5 Å². The number of aryl methyl sites for hydroxylation is 2. The number of halogens is 2. The van der Waals surface area contributed by atoms with Crippen LogP contribution in [-0.4, -0.2) is 0 Å². The highest BCUT2D eigenvalue weighted by molar-refractivity contribution is 5.52. The maximum absolute atomic E-state index is 13.1. The summed E-state index contributed by atoms with van der Waals surface area (Å²) >= 11 is 0. The van der Waals surface area contributed by atoms with E-state index in [1.54, 1.807) is 6.07 Å². The van der Waals surface area contributed by atoms with Gasteiger partial charge in [0.2, 0.25) is 0 Å². The average Bonchev–Trinajstić information content (AvgIpc) is 2.40. The molecule has 0 aliphatic rings. The van der Waals surface area contributed by atoms with E-state index in [4.69, 9.17) is 10.5 Å². The number of anilines is 1. The van der Waals surface area contributed by atoms with Crippen molar-refractivity contribution in [3.8, 4) is 11.5 Å². The zero-order valence-electron chi connectivity index (χ0n) is 11.7. The second-order valence-corrected chi connectivity index (χ2v) is 4.85. The van der Waals surface area contributed by atoms with Gasteiger partial charge in [-0.2, -0.15) is 0 Å². The second kappa shape index (κ2) is 5.49. The summed E-state index contributed by atoms with van der Waals surface area (Å²) in [6, 6.07) is 8.19. The molecule has 0 fully saturated rings. The molecule has 2 aromatic carbocycles. The van der Waals surface area contributed by atoms with E-state index in [-0.39, 0.29) is 11.3 Å². The number of alkyl halides is 2. The number of hydrogen-bond acceptors (Lipinski definition) is 2. The molecule has 20 heavy (non-hydrogen) atoms. The van der Waals surface area contributed by atoms with Crippen molar-refractivity contribution in [1.29, 1.82) is 0 Å². The lowest BCUT2D eigenvalue weighted by molar-refractivity contribution is 0.148. The lowest BCUT2D eigenvalue weighted by Gasteiger charge is -2.16. The van der Waals surface area contributed by atoms with Crippen molar-refractivity contribution in [2.45, 2.75) is 27.2 Å². The Morgan fingerprint density at radius 1 is 1.00 bits per heavy atom. The number of hydrogen-bond donors (Lipinski definition) is 1. The topological polar surface area (TPSA) is 35.2 Å². The minimum Gasteiger partial charge on any atom is -0.456 e. The van der Waals surface area contributed by atoms with Gasteiger partial charge in [-0.3, -0.25) is 0 Å². The van der Waals surface area contributed by atoms with Gasteiger partial charge in [0.05, 0.1) is 5.56 Å². The molecule has 2 aromatic rings. The normalized spacial score (nSPS) is 10.9. The van der Waals surface area contributed by atoms with Gasteiger partial charge in [-0.15, -0.1) is 0 Å². The van der Waals surface area contributed by atoms with Crippen LogP contribution in [0.25, 0.3) is 0 Å². The first kappa shape index (κ1) is 14.3. The zero-order valence-corrected chi connectivity index (χ0v) is 11.7. The summed E-state index contributed by atoms with van der Waals surface area (Å²) in [5.41, 5.74) is 8.57. The molecule has 0 saturated carbocycles. The van der Waals surface area contributed by atoms with Crippen molar-refractivity contribution in [2.75, 3.05) is 5.73 Å². The van der Waals surface area contributed by atoms with Crippen molar-refractivity contribution in [2.24, 2.45) is 0 Å². The molecule has 0 radical (unpaired) electrons. The zero-order chi connectivity index (χ0) is 14.9. The summed E-state index contributed by atoms with van der Waals surface area (Å²) in [6.07, 6.45) is -2.63. The molecule has 0 amide bonds. The van der Waals surface area contributed by atoms with Gasteiger partial charge in [0.1, 0.15) is 11.5 Å². The molecule has 0 spiro atoms. The SMILES string of the molecule is Cc1ccc(C)c(Oc2ccc(N)cc2C(F)F)c1C.